The molecule has 0 aliphatic carbocycles. The predicted molar refractivity (Wildman–Crippen MR) is 72.2 cm³/mol. The molecule has 2 aliphatic rings. The zero-order valence-electron chi connectivity index (χ0n) is 11.3. The summed E-state index contributed by atoms with van der Waals surface area (Å²) in [6.45, 7) is 3.88. The molecule has 0 N–H and O–H groups in total. The molecular weight excluding hydrogens is 246 g/mol. The van der Waals surface area contributed by atoms with E-state index in [-0.39, 0.29) is 0 Å². The van der Waals surface area contributed by atoms with Gasteiger partial charge in [0.15, 0.2) is 5.71 Å². The summed E-state index contributed by atoms with van der Waals surface area (Å²) in [5, 5.41) is 14.6. The molecule has 0 atom stereocenters. The van der Waals surface area contributed by atoms with Gasteiger partial charge in [0.25, 0.3) is 0 Å². The van der Waals surface area contributed by atoms with Crippen LogP contribution >= 0.6 is 0 Å². The Balaban J connectivity index is 2.25. The normalized spacial score (nSPS) is 19.1. The van der Waals surface area contributed by atoms with Gasteiger partial charge in [0.2, 0.25) is 0 Å². The number of nitrogens with zero attached hydrogens (tertiary/aromatic N) is 5. The molecule has 0 amide bonds. The molecule has 0 saturated carbocycles. The molecule has 2 rings (SSSR count). The lowest BCUT2D eigenvalue weighted by molar-refractivity contribution is -0.352. The Labute approximate surface area is 111 Å². The SMILES string of the molecule is CO/C([O-])=C/C=N/C1=NC2=[N+]=C(C)C=C(C)N2N1C. The van der Waals surface area contributed by atoms with Gasteiger partial charge in [-0.1, -0.05) is 0 Å². The molecule has 7 nitrogen and oxygen atoms in total. The van der Waals surface area contributed by atoms with E-state index in [0.29, 0.717) is 11.9 Å². The third-order valence-electron chi connectivity index (χ3n) is 2.61. The molecule has 0 spiro atoms. The second-order valence-corrected chi connectivity index (χ2v) is 4.05. The van der Waals surface area contributed by atoms with Crippen molar-refractivity contribution in [3.63, 3.8) is 0 Å². The summed E-state index contributed by atoms with van der Waals surface area (Å²) >= 11 is 0. The van der Waals surface area contributed by atoms with Gasteiger partial charge in [0.1, 0.15) is 5.70 Å². The molecular formula is C12H15N5O2. The number of allylic oxidation sites excluding steroid dienone is 3. The maximum Gasteiger partial charge on any atom is 0.513 e. The first-order valence-corrected chi connectivity index (χ1v) is 5.71. The Kier molecular flexibility index (Phi) is 3.39. The Morgan fingerprint density at radius 3 is 2.95 bits per heavy atom. The van der Waals surface area contributed by atoms with Crippen LogP contribution in [0.1, 0.15) is 13.8 Å². The van der Waals surface area contributed by atoms with Crippen molar-refractivity contribution in [3.05, 3.63) is 23.8 Å². The number of rotatable bonds is 2. The van der Waals surface area contributed by atoms with Crippen LogP contribution in [-0.4, -0.2) is 48.0 Å². The highest BCUT2D eigenvalue weighted by atomic mass is 16.6. The van der Waals surface area contributed by atoms with E-state index in [4.69, 9.17) is 0 Å². The Morgan fingerprint density at radius 2 is 2.26 bits per heavy atom. The second kappa shape index (κ2) is 4.99. The predicted octanol–water partition coefficient (Wildman–Crippen LogP) is -0.775. The monoisotopic (exact) mass is 261 g/mol. The summed E-state index contributed by atoms with van der Waals surface area (Å²) in [5.74, 6) is 0.576. The number of guanidine groups is 2. The van der Waals surface area contributed by atoms with E-state index in [0.717, 1.165) is 11.4 Å². The van der Waals surface area contributed by atoms with Crippen LogP contribution in [0.25, 0.3) is 0 Å². The summed E-state index contributed by atoms with van der Waals surface area (Å²) in [7, 11) is 3.14. The minimum atomic E-state index is -0.458. The first-order valence-electron chi connectivity index (χ1n) is 5.71. The van der Waals surface area contributed by atoms with E-state index < -0.39 is 5.95 Å². The zero-order valence-corrected chi connectivity index (χ0v) is 11.3. The van der Waals surface area contributed by atoms with Crippen LogP contribution in [0, 0.1) is 0 Å². The fraction of sp³-hybridized carbons (Fsp3) is 0.333. The number of aliphatic imine (C=N–C) groups is 2. The van der Waals surface area contributed by atoms with Crippen LogP contribution in [-0.2, 0) is 4.74 Å². The largest absolute Gasteiger partial charge is 0.617 e. The summed E-state index contributed by atoms with van der Waals surface area (Å²) < 4.78 is 8.81. The van der Waals surface area contributed by atoms with E-state index in [1.54, 1.807) is 5.01 Å². The molecule has 0 aromatic heterocycles. The average molecular weight is 261 g/mol. The van der Waals surface area contributed by atoms with Crippen molar-refractivity contribution in [1.29, 1.82) is 0 Å². The number of methoxy groups -OCH3 is 1. The van der Waals surface area contributed by atoms with Gasteiger partial charge < -0.3 is 9.84 Å². The number of hydrogen-bond donors (Lipinski definition) is 0. The molecule has 0 bridgehead atoms. The zero-order chi connectivity index (χ0) is 14.0. The lowest BCUT2D eigenvalue weighted by Crippen LogP contribution is -2.41. The lowest BCUT2D eigenvalue weighted by Gasteiger charge is -2.19. The number of hydrazine groups is 1. The standard InChI is InChI=1S/C12H15N5O2/c1-8-7-9(2)17-12(14-8)15-11(16(17)3)13-6-5-10(18)19-4/h5-7H,1-4H3. The van der Waals surface area contributed by atoms with E-state index in [2.05, 4.69) is 19.4 Å². The first kappa shape index (κ1) is 12.9. The Bertz CT molecular complexity index is 579. The maximum absolute atomic E-state index is 10.9. The molecule has 2 aliphatic heterocycles. The van der Waals surface area contributed by atoms with Crippen molar-refractivity contribution < 1.29 is 9.84 Å². The quantitative estimate of drug-likeness (QED) is 0.371. The van der Waals surface area contributed by atoms with Crippen molar-refractivity contribution in [3.8, 4) is 0 Å². The molecule has 0 unspecified atom stereocenters. The van der Waals surface area contributed by atoms with Gasteiger partial charge in [0.05, 0.1) is 5.95 Å². The van der Waals surface area contributed by atoms with Crippen LogP contribution in [0.2, 0.25) is 0 Å². The van der Waals surface area contributed by atoms with Crippen molar-refractivity contribution in [1.82, 2.24) is 14.7 Å². The van der Waals surface area contributed by atoms with Gasteiger partial charge in [-0.25, -0.2) is 9.66 Å². The second-order valence-electron chi connectivity index (χ2n) is 4.05. The maximum atomic E-state index is 10.9. The highest BCUT2D eigenvalue weighted by Gasteiger charge is 2.40. The van der Waals surface area contributed by atoms with Gasteiger partial charge in [-0.15, -0.1) is 5.01 Å². The average Bonchev–Trinajstić information content (AvgIpc) is 2.66. The van der Waals surface area contributed by atoms with Crippen molar-refractivity contribution in [2.24, 2.45) is 9.98 Å². The van der Waals surface area contributed by atoms with Crippen LogP contribution in [0.4, 0.5) is 0 Å². The summed E-state index contributed by atoms with van der Waals surface area (Å²) in [6.07, 6.45) is 4.55. The minimum absolute atomic E-state index is 0.458. The molecule has 100 valence electrons. The fourth-order valence-corrected chi connectivity index (χ4v) is 1.80. The summed E-state index contributed by atoms with van der Waals surface area (Å²) in [5.41, 5.74) is 1.91. The van der Waals surface area contributed by atoms with Crippen molar-refractivity contribution in [2.75, 3.05) is 14.2 Å². The number of hydrogen-bond acceptors (Lipinski definition) is 6. The smallest absolute Gasteiger partial charge is 0.513 e. The van der Waals surface area contributed by atoms with E-state index in [1.807, 2.05) is 32.0 Å². The van der Waals surface area contributed by atoms with Crippen LogP contribution in [0.15, 0.2) is 33.8 Å². The summed E-state index contributed by atoms with van der Waals surface area (Å²) in [6, 6.07) is 0. The van der Waals surface area contributed by atoms with Gasteiger partial charge in [0, 0.05) is 26.3 Å². The van der Waals surface area contributed by atoms with Gasteiger partial charge in [-0.05, 0) is 25.1 Å². The Hall–Kier alpha value is -2.53. The number of ether oxygens (including phenoxy) is 1. The minimum Gasteiger partial charge on any atom is -0.617 e. The van der Waals surface area contributed by atoms with Crippen LogP contribution in [0.3, 0.4) is 0 Å². The highest BCUT2D eigenvalue weighted by molar-refractivity contribution is 6.08. The third-order valence-corrected chi connectivity index (χ3v) is 2.61. The molecule has 19 heavy (non-hydrogen) atoms. The third kappa shape index (κ3) is 2.51. The van der Waals surface area contributed by atoms with Crippen molar-refractivity contribution in [2.45, 2.75) is 13.8 Å². The van der Waals surface area contributed by atoms with Crippen molar-refractivity contribution >= 4 is 23.8 Å². The van der Waals surface area contributed by atoms with E-state index in [9.17, 15) is 5.11 Å². The van der Waals surface area contributed by atoms with Gasteiger partial charge in [-0.2, -0.15) is 5.01 Å². The lowest BCUT2D eigenvalue weighted by atomic mass is 10.3. The first-order chi connectivity index (χ1) is 9.02. The molecule has 0 radical (unpaired) electrons. The fourth-order valence-electron chi connectivity index (χ4n) is 1.80. The molecule has 7 heteroatoms. The summed E-state index contributed by atoms with van der Waals surface area (Å²) in [4.78, 5) is 8.41. The van der Waals surface area contributed by atoms with Crippen LogP contribution in [0.5, 0.6) is 0 Å². The Morgan fingerprint density at radius 1 is 1.53 bits per heavy atom. The van der Waals surface area contributed by atoms with E-state index in [1.165, 1.54) is 19.4 Å². The molecule has 0 fully saturated rings. The van der Waals surface area contributed by atoms with Gasteiger partial charge >= 0.3 is 11.9 Å². The molecule has 0 aromatic rings. The highest BCUT2D eigenvalue weighted by Crippen LogP contribution is 2.17. The molecule has 2 heterocycles. The molecule has 0 aromatic carbocycles. The molecule has 0 saturated heterocycles. The number of fused-ring (bicyclic) bond motifs is 1. The van der Waals surface area contributed by atoms with Gasteiger partial charge in [-0.3, -0.25) is 0 Å². The topological polar surface area (TPSA) is 77.6 Å². The van der Waals surface area contributed by atoms with E-state index >= 15 is 0 Å². The van der Waals surface area contributed by atoms with Crippen LogP contribution < -0.4 is 9.77 Å².